The van der Waals surface area contributed by atoms with E-state index in [-0.39, 0.29) is 0 Å². The van der Waals surface area contributed by atoms with Crippen LogP contribution >= 0.6 is 27.3 Å². The first-order valence-corrected chi connectivity index (χ1v) is 9.99. The Morgan fingerprint density at radius 3 is 2.67 bits per heavy atom. The molecule has 120 valence electrons. The summed E-state index contributed by atoms with van der Waals surface area (Å²) in [5.74, 6) is 0.728. The third kappa shape index (κ3) is 5.34. The molecule has 1 saturated carbocycles. The van der Waals surface area contributed by atoms with Crippen molar-refractivity contribution in [3.63, 3.8) is 0 Å². The van der Waals surface area contributed by atoms with Gasteiger partial charge in [-0.25, -0.2) is 0 Å². The molecule has 4 heteroatoms. The van der Waals surface area contributed by atoms with Crippen LogP contribution in [0.15, 0.2) is 15.9 Å². The number of ether oxygens (including phenoxy) is 1. The molecule has 1 N–H and O–H groups in total. The van der Waals surface area contributed by atoms with Gasteiger partial charge in [0.1, 0.15) is 0 Å². The van der Waals surface area contributed by atoms with Gasteiger partial charge in [-0.15, -0.1) is 11.3 Å². The first-order valence-electron chi connectivity index (χ1n) is 8.32. The van der Waals surface area contributed by atoms with Crippen molar-refractivity contribution in [2.24, 2.45) is 5.92 Å². The summed E-state index contributed by atoms with van der Waals surface area (Å²) in [7, 11) is 0. The van der Waals surface area contributed by atoms with Crippen molar-refractivity contribution in [1.29, 1.82) is 0 Å². The van der Waals surface area contributed by atoms with Gasteiger partial charge >= 0.3 is 0 Å². The second-order valence-electron chi connectivity index (χ2n) is 5.92. The molecule has 0 radical (unpaired) electrons. The van der Waals surface area contributed by atoms with Crippen LogP contribution in [0.4, 0.5) is 0 Å². The predicted octanol–water partition coefficient (Wildman–Crippen LogP) is 5.02. The molecule has 0 saturated heterocycles. The fourth-order valence-electron chi connectivity index (χ4n) is 3.48. The first-order chi connectivity index (χ1) is 10.2. The van der Waals surface area contributed by atoms with Crippen LogP contribution in [0, 0.1) is 5.92 Å². The molecule has 1 aromatic heterocycles. The van der Waals surface area contributed by atoms with Crippen molar-refractivity contribution in [2.45, 2.75) is 64.5 Å². The summed E-state index contributed by atoms with van der Waals surface area (Å²) in [6.07, 6.45) is 8.25. The predicted molar refractivity (Wildman–Crippen MR) is 95.2 cm³/mol. The van der Waals surface area contributed by atoms with E-state index >= 15 is 0 Å². The van der Waals surface area contributed by atoms with Crippen LogP contribution in [-0.2, 0) is 11.2 Å². The highest BCUT2D eigenvalue weighted by Gasteiger charge is 2.31. The van der Waals surface area contributed by atoms with Crippen LogP contribution in [-0.4, -0.2) is 25.3 Å². The van der Waals surface area contributed by atoms with Crippen molar-refractivity contribution >= 4 is 27.3 Å². The Kier molecular flexibility index (Phi) is 7.72. The Balaban J connectivity index is 2.06. The van der Waals surface area contributed by atoms with Crippen LogP contribution in [0.1, 0.15) is 50.8 Å². The monoisotopic (exact) mass is 373 g/mol. The molecule has 1 heterocycles. The summed E-state index contributed by atoms with van der Waals surface area (Å²) in [6, 6.07) is 2.68. The van der Waals surface area contributed by atoms with E-state index in [0.29, 0.717) is 12.1 Å². The second-order valence-corrected chi connectivity index (χ2v) is 7.83. The number of halogens is 1. The van der Waals surface area contributed by atoms with Gasteiger partial charge in [-0.3, -0.25) is 0 Å². The lowest BCUT2D eigenvalue weighted by atomic mass is 9.81. The summed E-state index contributed by atoms with van der Waals surface area (Å²) in [6.45, 7) is 6.15. The number of hydrogen-bond acceptors (Lipinski definition) is 3. The molecule has 0 amide bonds. The van der Waals surface area contributed by atoms with Gasteiger partial charge < -0.3 is 10.1 Å². The summed E-state index contributed by atoms with van der Waals surface area (Å²) < 4.78 is 7.40. The first kappa shape index (κ1) is 17.5. The van der Waals surface area contributed by atoms with Crippen LogP contribution in [0.2, 0.25) is 0 Å². The van der Waals surface area contributed by atoms with E-state index in [1.54, 1.807) is 0 Å². The molecule has 2 nitrogen and oxygen atoms in total. The van der Waals surface area contributed by atoms with E-state index < -0.39 is 0 Å². The largest absolute Gasteiger partial charge is 0.377 e. The number of rotatable bonds is 8. The van der Waals surface area contributed by atoms with Gasteiger partial charge in [0.25, 0.3) is 0 Å². The highest BCUT2D eigenvalue weighted by atomic mass is 79.9. The van der Waals surface area contributed by atoms with Gasteiger partial charge in [-0.2, -0.15) is 0 Å². The SMILES string of the molecule is CCNC(Cc1cc(Br)cs1)C(OCC)C1CCCCC1. The molecule has 0 aliphatic heterocycles. The fourth-order valence-corrected chi connectivity index (χ4v) is 4.99. The second kappa shape index (κ2) is 9.29. The average molecular weight is 374 g/mol. The molecule has 1 aliphatic rings. The maximum absolute atomic E-state index is 6.21. The number of likely N-dealkylation sites (N-methyl/N-ethyl adjacent to an activating group) is 1. The van der Waals surface area contributed by atoms with Gasteiger partial charge in [0.2, 0.25) is 0 Å². The van der Waals surface area contributed by atoms with Crippen LogP contribution < -0.4 is 5.32 Å². The van der Waals surface area contributed by atoms with Crippen molar-refractivity contribution in [1.82, 2.24) is 5.32 Å². The third-order valence-corrected chi connectivity index (χ3v) is 6.10. The molecule has 21 heavy (non-hydrogen) atoms. The molecular formula is C17H28BrNOS. The minimum Gasteiger partial charge on any atom is -0.377 e. The average Bonchev–Trinajstić information content (AvgIpc) is 2.90. The van der Waals surface area contributed by atoms with E-state index in [9.17, 15) is 0 Å². The lowest BCUT2D eigenvalue weighted by molar-refractivity contribution is -0.0169. The molecule has 1 aromatic rings. The van der Waals surface area contributed by atoms with Gasteiger partial charge in [-0.1, -0.05) is 26.2 Å². The summed E-state index contributed by atoms with van der Waals surface area (Å²) in [4.78, 5) is 1.44. The summed E-state index contributed by atoms with van der Waals surface area (Å²) in [5, 5.41) is 5.86. The summed E-state index contributed by atoms with van der Waals surface area (Å²) >= 11 is 5.41. The Labute approximate surface area is 141 Å². The smallest absolute Gasteiger partial charge is 0.0759 e. The van der Waals surface area contributed by atoms with E-state index in [4.69, 9.17) is 4.74 Å². The zero-order valence-corrected chi connectivity index (χ0v) is 15.6. The lowest BCUT2D eigenvalue weighted by Crippen LogP contribution is -2.47. The quantitative estimate of drug-likeness (QED) is 0.690. The normalized spacial score (nSPS) is 19.6. The molecule has 0 aromatic carbocycles. The molecular weight excluding hydrogens is 346 g/mol. The maximum Gasteiger partial charge on any atom is 0.0759 e. The van der Waals surface area contributed by atoms with Gasteiger partial charge in [0.15, 0.2) is 0 Å². The van der Waals surface area contributed by atoms with Crippen molar-refractivity contribution in [3.8, 4) is 0 Å². The molecule has 0 spiro atoms. The minimum absolute atomic E-state index is 0.358. The highest BCUT2D eigenvalue weighted by Crippen LogP contribution is 2.31. The zero-order chi connectivity index (χ0) is 15.1. The van der Waals surface area contributed by atoms with Crippen LogP contribution in [0.3, 0.4) is 0 Å². The van der Waals surface area contributed by atoms with E-state index in [1.165, 1.54) is 41.5 Å². The topological polar surface area (TPSA) is 21.3 Å². The van der Waals surface area contributed by atoms with E-state index in [2.05, 4.69) is 46.5 Å². The number of nitrogens with one attached hydrogen (secondary N) is 1. The fraction of sp³-hybridized carbons (Fsp3) is 0.765. The third-order valence-electron chi connectivity index (χ3n) is 4.38. The number of hydrogen-bond donors (Lipinski definition) is 1. The van der Waals surface area contributed by atoms with E-state index in [0.717, 1.165) is 25.5 Å². The molecule has 0 bridgehead atoms. The maximum atomic E-state index is 6.21. The van der Waals surface area contributed by atoms with Crippen LogP contribution in [0.25, 0.3) is 0 Å². The molecule has 2 rings (SSSR count). The minimum atomic E-state index is 0.358. The Hall–Kier alpha value is 0.1000. The molecule has 1 fully saturated rings. The molecule has 2 atom stereocenters. The zero-order valence-electron chi connectivity index (χ0n) is 13.2. The van der Waals surface area contributed by atoms with E-state index in [1.807, 2.05) is 11.3 Å². The molecule has 1 aliphatic carbocycles. The Morgan fingerprint density at radius 1 is 1.33 bits per heavy atom. The van der Waals surface area contributed by atoms with Crippen LogP contribution in [0.5, 0.6) is 0 Å². The molecule has 2 unspecified atom stereocenters. The standard InChI is InChI=1S/C17H28BrNOS/c1-3-19-16(11-15-10-14(18)12-21-15)17(20-4-2)13-8-6-5-7-9-13/h10,12-13,16-17,19H,3-9,11H2,1-2H3. The van der Waals surface area contributed by atoms with Crippen molar-refractivity contribution in [3.05, 3.63) is 20.8 Å². The highest BCUT2D eigenvalue weighted by molar-refractivity contribution is 9.10. The van der Waals surface area contributed by atoms with Gasteiger partial charge in [-0.05, 0) is 60.6 Å². The summed E-state index contributed by atoms with van der Waals surface area (Å²) in [5.41, 5.74) is 0. The van der Waals surface area contributed by atoms with Crippen molar-refractivity contribution in [2.75, 3.05) is 13.2 Å². The Bertz CT molecular complexity index is 403. The Morgan fingerprint density at radius 2 is 2.10 bits per heavy atom. The number of thiophene rings is 1. The van der Waals surface area contributed by atoms with Crippen molar-refractivity contribution < 1.29 is 4.74 Å². The lowest BCUT2D eigenvalue weighted by Gasteiger charge is -2.36. The van der Waals surface area contributed by atoms with Gasteiger partial charge in [0, 0.05) is 27.4 Å². The van der Waals surface area contributed by atoms with Gasteiger partial charge in [0.05, 0.1) is 6.10 Å².